The molecule has 4 nitrogen and oxygen atoms in total. The summed E-state index contributed by atoms with van der Waals surface area (Å²) >= 11 is 6.41. The van der Waals surface area contributed by atoms with Crippen LogP contribution < -0.4 is 0 Å². The molecule has 16 heavy (non-hydrogen) atoms. The highest BCUT2D eigenvalue weighted by atomic mass is 79.9. The molecule has 0 amide bonds. The average molecular weight is 317 g/mol. The van der Waals surface area contributed by atoms with Gasteiger partial charge in [-0.15, -0.1) is 10.2 Å². The Morgan fingerprint density at radius 1 is 1.44 bits per heavy atom. The SMILES string of the molecule is CCCc1nc(Br)cc(Sc2nncs2)n1. The zero-order valence-electron chi connectivity index (χ0n) is 8.55. The average Bonchev–Trinajstić information content (AvgIpc) is 2.70. The summed E-state index contributed by atoms with van der Waals surface area (Å²) < 4.78 is 1.71. The molecule has 0 radical (unpaired) electrons. The normalized spacial score (nSPS) is 10.6. The summed E-state index contributed by atoms with van der Waals surface area (Å²) in [6.45, 7) is 2.11. The van der Waals surface area contributed by atoms with Crippen LogP contribution in [0.1, 0.15) is 19.2 Å². The summed E-state index contributed by atoms with van der Waals surface area (Å²) in [5.74, 6) is 0.865. The van der Waals surface area contributed by atoms with Crippen LogP contribution in [0, 0.1) is 0 Å². The second-order valence-corrected chi connectivity index (χ2v) is 5.92. The Morgan fingerprint density at radius 2 is 2.31 bits per heavy atom. The lowest BCUT2D eigenvalue weighted by Crippen LogP contribution is -1.96. The van der Waals surface area contributed by atoms with Crippen LogP contribution >= 0.6 is 39.0 Å². The van der Waals surface area contributed by atoms with Gasteiger partial charge in [-0.05, 0) is 34.1 Å². The third-order valence-electron chi connectivity index (χ3n) is 1.72. The van der Waals surface area contributed by atoms with Crippen LogP contribution in [-0.2, 0) is 6.42 Å². The number of halogens is 1. The van der Waals surface area contributed by atoms with E-state index < -0.39 is 0 Å². The molecule has 2 heterocycles. The van der Waals surface area contributed by atoms with E-state index in [0.29, 0.717) is 0 Å². The molecule has 0 saturated carbocycles. The molecule has 7 heteroatoms. The highest BCUT2D eigenvalue weighted by Gasteiger charge is 2.06. The molecule has 0 N–H and O–H groups in total. The third kappa shape index (κ3) is 3.23. The van der Waals surface area contributed by atoms with Crippen LogP contribution in [0.25, 0.3) is 0 Å². The zero-order valence-corrected chi connectivity index (χ0v) is 11.8. The van der Waals surface area contributed by atoms with Crippen molar-refractivity contribution in [3.05, 3.63) is 22.0 Å². The van der Waals surface area contributed by atoms with Gasteiger partial charge in [0.1, 0.15) is 21.0 Å². The highest BCUT2D eigenvalue weighted by molar-refractivity contribution is 9.10. The van der Waals surface area contributed by atoms with Crippen molar-refractivity contribution < 1.29 is 0 Å². The fourth-order valence-electron chi connectivity index (χ4n) is 1.13. The number of aryl methyl sites for hydroxylation is 1. The third-order valence-corrected chi connectivity index (χ3v) is 3.83. The van der Waals surface area contributed by atoms with Crippen molar-refractivity contribution in [3.8, 4) is 0 Å². The van der Waals surface area contributed by atoms with E-state index in [2.05, 4.69) is 43.0 Å². The molecule has 2 rings (SSSR count). The molecule has 0 bridgehead atoms. The standard InChI is InChI=1S/C9H9BrN4S2/c1-2-3-7-12-6(10)4-8(13-7)16-9-14-11-5-15-9/h4-5H,2-3H2,1H3. The van der Waals surface area contributed by atoms with E-state index >= 15 is 0 Å². The molecular formula is C9H9BrN4S2. The summed E-state index contributed by atoms with van der Waals surface area (Å²) in [5, 5.41) is 8.67. The fourth-order valence-corrected chi connectivity index (χ4v) is 3.14. The number of aromatic nitrogens is 4. The monoisotopic (exact) mass is 316 g/mol. The second kappa shape index (κ2) is 5.70. The van der Waals surface area contributed by atoms with Crippen LogP contribution in [0.15, 0.2) is 25.5 Å². The number of hydrogen-bond donors (Lipinski definition) is 0. The summed E-state index contributed by atoms with van der Waals surface area (Å²) in [6.07, 6.45) is 1.93. The Morgan fingerprint density at radius 3 is 3.00 bits per heavy atom. The number of rotatable bonds is 4. The van der Waals surface area contributed by atoms with Crippen molar-refractivity contribution in [2.24, 2.45) is 0 Å². The van der Waals surface area contributed by atoms with Crippen LogP contribution in [0.5, 0.6) is 0 Å². The van der Waals surface area contributed by atoms with Gasteiger partial charge in [-0.3, -0.25) is 0 Å². The van der Waals surface area contributed by atoms with Crippen LogP contribution in [-0.4, -0.2) is 20.2 Å². The first kappa shape index (κ1) is 11.9. The maximum absolute atomic E-state index is 4.46. The molecule has 84 valence electrons. The Balaban J connectivity index is 2.20. The first-order valence-corrected chi connectivity index (χ1v) is 7.24. The predicted octanol–water partition coefficient (Wildman–Crippen LogP) is 3.19. The van der Waals surface area contributed by atoms with Gasteiger partial charge in [0.15, 0.2) is 4.34 Å². The van der Waals surface area contributed by atoms with Gasteiger partial charge < -0.3 is 0 Å². The van der Waals surface area contributed by atoms with Crippen LogP contribution in [0.4, 0.5) is 0 Å². The van der Waals surface area contributed by atoms with Crippen LogP contribution in [0.3, 0.4) is 0 Å². The van der Waals surface area contributed by atoms with Crippen LogP contribution in [0.2, 0.25) is 0 Å². The molecule has 0 aliphatic carbocycles. The van der Waals surface area contributed by atoms with Crippen molar-refractivity contribution in [2.45, 2.75) is 29.1 Å². The van der Waals surface area contributed by atoms with Crippen molar-refractivity contribution in [3.63, 3.8) is 0 Å². The van der Waals surface area contributed by atoms with E-state index in [4.69, 9.17) is 0 Å². The maximum Gasteiger partial charge on any atom is 0.180 e. The van der Waals surface area contributed by atoms with Gasteiger partial charge in [0.2, 0.25) is 0 Å². The minimum Gasteiger partial charge on any atom is -0.226 e. The van der Waals surface area contributed by atoms with E-state index in [-0.39, 0.29) is 0 Å². The van der Waals surface area contributed by atoms with Gasteiger partial charge in [0.25, 0.3) is 0 Å². The van der Waals surface area contributed by atoms with E-state index in [1.807, 2.05) is 6.07 Å². The molecule has 2 aromatic heterocycles. The predicted molar refractivity (Wildman–Crippen MR) is 67.8 cm³/mol. The highest BCUT2D eigenvalue weighted by Crippen LogP contribution is 2.28. The molecule has 0 unspecified atom stereocenters. The molecule has 0 aromatic carbocycles. The van der Waals surface area contributed by atoms with E-state index in [1.54, 1.807) is 5.51 Å². The number of hydrogen-bond acceptors (Lipinski definition) is 6. The molecule has 2 aromatic rings. The quantitative estimate of drug-likeness (QED) is 0.811. The second-order valence-electron chi connectivity index (χ2n) is 3.00. The Hall–Kier alpha value is -0.530. The topological polar surface area (TPSA) is 51.6 Å². The minimum absolute atomic E-state index is 0.818. The number of nitrogens with zero attached hydrogens (tertiary/aromatic N) is 4. The van der Waals surface area contributed by atoms with Gasteiger partial charge >= 0.3 is 0 Å². The Labute approximate surface area is 110 Å². The molecule has 0 spiro atoms. The molecule has 0 atom stereocenters. The van der Waals surface area contributed by atoms with Crippen molar-refractivity contribution in [1.82, 2.24) is 20.2 Å². The first-order chi connectivity index (χ1) is 7.78. The maximum atomic E-state index is 4.46. The van der Waals surface area contributed by atoms with Gasteiger partial charge in [0.05, 0.1) is 0 Å². The summed E-state index contributed by atoms with van der Waals surface area (Å²) in [7, 11) is 0. The molecular weight excluding hydrogens is 308 g/mol. The smallest absolute Gasteiger partial charge is 0.180 e. The van der Waals surface area contributed by atoms with Crippen molar-refractivity contribution in [1.29, 1.82) is 0 Å². The Kier molecular flexibility index (Phi) is 4.25. The van der Waals surface area contributed by atoms with E-state index in [9.17, 15) is 0 Å². The molecule has 0 aliphatic heterocycles. The van der Waals surface area contributed by atoms with Crippen molar-refractivity contribution >= 4 is 39.0 Å². The zero-order chi connectivity index (χ0) is 11.4. The summed E-state index contributed by atoms with van der Waals surface area (Å²) in [4.78, 5) is 8.77. The minimum atomic E-state index is 0.818. The lowest BCUT2D eigenvalue weighted by atomic mass is 10.3. The molecule has 0 saturated heterocycles. The summed E-state index contributed by atoms with van der Waals surface area (Å²) in [6, 6.07) is 1.89. The Bertz CT molecular complexity index is 461. The van der Waals surface area contributed by atoms with E-state index in [0.717, 1.165) is 32.6 Å². The largest absolute Gasteiger partial charge is 0.226 e. The van der Waals surface area contributed by atoms with Gasteiger partial charge in [-0.2, -0.15) is 0 Å². The van der Waals surface area contributed by atoms with Gasteiger partial charge in [-0.1, -0.05) is 18.3 Å². The lowest BCUT2D eigenvalue weighted by molar-refractivity contribution is 0.802. The van der Waals surface area contributed by atoms with Gasteiger partial charge in [-0.25, -0.2) is 9.97 Å². The van der Waals surface area contributed by atoms with Gasteiger partial charge in [0, 0.05) is 12.5 Å². The lowest BCUT2D eigenvalue weighted by Gasteiger charge is -2.01. The fraction of sp³-hybridized carbons (Fsp3) is 0.333. The van der Waals surface area contributed by atoms with Crippen molar-refractivity contribution in [2.75, 3.05) is 0 Å². The first-order valence-electron chi connectivity index (χ1n) is 4.75. The summed E-state index contributed by atoms with van der Waals surface area (Å²) in [5.41, 5.74) is 1.71. The van der Waals surface area contributed by atoms with E-state index in [1.165, 1.54) is 23.1 Å². The molecule has 0 fully saturated rings. The molecule has 0 aliphatic rings.